The van der Waals surface area contributed by atoms with Crippen LogP contribution in [0.5, 0.6) is 0 Å². The molecule has 0 bridgehead atoms. The lowest BCUT2D eigenvalue weighted by Gasteiger charge is -2.12. The Morgan fingerprint density at radius 3 is 2.93 bits per heavy atom. The molecule has 0 aliphatic heterocycles. The SMILES string of the molecule is [O]C(OCC(O)CO)c1cccnc1. The Morgan fingerprint density at radius 1 is 1.57 bits per heavy atom. The summed E-state index contributed by atoms with van der Waals surface area (Å²) in [6.07, 6.45) is 0.579. The summed E-state index contributed by atoms with van der Waals surface area (Å²) < 4.78 is 4.78. The quantitative estimate of drug-likeness (QED) is 0.646. The number of rotatable bonds is 5. The van der Waals surface area contributed by atoms with Crippen molar-refractivity contribution in [2.45, 2.75) is 12.4 Å². The molecule has 0 spiro atoms. The Morgan fingerprint density at radius 2 is 2.36 bits per heavy atom. The van der Waals surface area contributed by atoms with Gasteiger partial charge < -0.3 is 14.9 Å². The second kappa shape index (κ2) is 5.66. The van der Waals surface area contributed by atoms with Crippen molar-refractivity contribution in [3.63, 3.8) is 0 Å². The average molecular weight is 198 g/mol. The Labute approximate surface area is 81.6 Å². The first-order valence-corrected chi connectivity index (χ1v) is 4.20. The van der Waals surface area contributed by atoms with E-state index in [0.29, 0.717) is 5.56 Å². The molecular formula is C9H12NO4. The summed E-state index contributed by atoms with van der Waals surface area (Å²) in [5.74, 6) is 0. The Kier molecular flexibility index (Phi) is 4.48. The summed E-state index contributed by atoms with van der Waals surface area (Å²) in [6, 6.07) is 3.22. The molecule has 2 atom stereocenters. The van der Waals surface area contributed by atoms with Crippen LogP contribution in [-0.4, -0.2) is 34.5 Å². The van der Waals surface area contributed by atoms with Gasteiger partial charge in [0.15, 0.2) is 0 Å². The minimum atomic E-state index is -1.37. The summed E-state index contributed by atoms with van der Waals surface area (Å²) in [4.78, 5) is 3.76. The number of hydrogen-bond acceptors (Lipinski definition) is 4. The average Bonchev–Trinajstić information content (AvgIpc) is 2.26. The van der Waals surface area contributed by atoms with Crippen molar-refractivity contribution in [2.75, 3.05) is 13.2 Å². The smallest absolute Gasteiger partial charge is 0.219 e. The van der Waals surface area contributed by atoms with Crippen LogP contribution in [0.4, 0.5) is 0 Å². The van der Waals surface area contributed by atoms with Gasteiger partial charge in [0.2, 0.25) is 6.29 Å². The number of hydrogen-bond donors (Lipinski definition) is 2. The van der Waals surface area contributed by atoms with E-state index in [9.17, 15) is 5.11 Å². The molecule has 5 heteroatoms. The maximum atomic E-state index is 11.3. The first kappa shape index (κ1) is 11.1. The topological polar surface area (TPSA) is 82.5 Å². The van der Waals surface area contributed by atoms with Gasteiger partial charge in [0, 0.05) is 18.0 Å². The van der Waals surface area contributed by atoms with Crippen molar-refractivity contribution >= 4 is 0 Å². The van der Waals surface area contributed by atoms with E-state index in [4.69, 9.17) is 14.9 Å². The zero-order chi connectivity index (χ0) is 10.4. The first-order valence-electron chi connectivity index (χ1n) is 4.20. The van der Waals surface area contributed by atoms with Crippen LogP contribution in [-0.2, 0) is 9.84 Å². The molecule has 14 heavy (non-hydrogen) atoms. The number of pyridine rings is 1. The number of aliphatic hydroxyl groups is 2. The normalized spacial score (nSPS) is 15.1. The van der Waals surface area contributed by atoms with Crippen LogP contribution < -0.4 is 0 Å². The maximum absolute atomic E-state index is 11.3. The number of nitrogens with zero attached hydrogens (tertiary/aromatic N) is 1. The van der Waals surface area contributed by atoms with Gasteiger partial charge in [-0.1, -0.05) is 6.07 Å². The Bertz CT molecular complexity index is 254. The molecule has 0 aliphatic rings. The van der Waals surface area contributed by atoms with Crippen LogP contribution in [0, 0.1) is 0 Å². The summed E-state index contributed by atoms with van der Waals surface area (Å²) in [5, 5.41) is 28.7. The zero-order valence-corrected chi connectivity index (χ0v) is 7.54. The molecule has 77 valence electrons. The number of aliphatic hydroxyl groups excluding tert-OH is 2. The van der Waals surface area contributed by atoms with E-state index in [2.05, 4.69) is 4.98 Å². The molecule has 1 aromatic rings. The fourth-order valence-electron chi connectivity index (χ4n) is 0.863. The molecule has 1 heterocycles. The van der Waals surface area contributed by atoms with Gasteiger partial charge in [-0.25, -0.2) is 0 Å². The highest BCUT2D eigenvalue weighted by Gasteiger charge is 2.11. The van der Waals surface area contributed by atoms with Gasteiger partial charge in [-0.2, -0.15) is 5.11 Å². The van der Waals surface area contributed by atoms with Crippen molar-refractivity contribution in [1.82, 2.24) is 4.98 Å². The molecule has 5 nitrogen and oxygen atoms in total. The second-order valence-corrected chi connectivity index (χ2v) is 2.79. The van der Waals surface area contributed by atoms with Crippen LogP contribution in [0.2, 0.25) is 0 Å². The van der Waals surface area contributed by atoms with Gasteiger partial charge >= 0.3 is 0 Å². The van der Waals surface area contributed by atoms with Crippen molar-refractivity contribution in [2.24, 2.45) is 0 Å². The molecule has 1 rings (SSSR count). The van der Waals surface area contributed by atoms with Gasteiger partial charge in [0.1, 0.15) is 6.10 Å². The van der Waals surface area contributed by atoms with Crippen molar-refractivity contribution in [3.8, 4) is 0 Å². The number of ether oxygens (including phenoxy) is 1. The molecule has 2 N–H and O–H groups in total. The standard InChI is InChI=1S/C9H12NO4/c11-5-8(12)6-14-9(13)7-2-1-3-10-4-7/h1-4,8-9,11-12H,5-6H2. The third kappa shape index (κ3) is 3.39. The fraction of sp³-hybridized carbons (Fsp3) is 0.444. The van der Waals surface area contributed by atoms with Crippen LogP contribution >= 0.6 is 0 Å². The molecule has 0 saturated carbocycles. The van der Waals surface area contributed by atoms with Crippen LogP contribution in [0.25, 0.3) is 0 Å². The molecule has 2 unspecified atom stereocenters. The van der Waals surface area contributed by atoms with E-state index < -0.39 is 19.0 Å². The highest BCUT2D eigenvalue weighted by atomic mass is 16.6. The second-order valence-electron chi connectivity index (χ2n) is 2.79. The molecule has 1 aromatic heterocycles. The van der Waals surface area contributed by atoms with Gasteiger partial charge in [0.05, 0.1) is 13.2 Å². The zero-order valence-electron chi connectivity index (χ0n) is 7.54. The van der Waals surface area contributed by atoms with Crippen molar-refractivity contribution < 1.29 is 20.1 Å². The van der Waals surface area contributed by atoms with E-state index in [-0.39, 0.29) is 6.61 Å². The lowest BCUT2D eigenvalue weighted by Crippen LogP contribution is -2.20. The summed E-state index contributed by atoms with van der Waals surface area (Å²) in [6.45, 7) is -0.598. The fourth-order valence-corrected chi connectivity index (χ4v) is 0.863. The van der Waals surface area contributed by atoms with Gasteiger partial charge in [-0.05, 0) is 6.07 Å². The molecular weight excluding hydrogens is 186 g/mol. The molecule has 0 amide bonds. The molecule has 0 saturated heterocycles. The molecule has 1 radical (unpaired) electrons. The van der Waals surface area contributed by atoms with E-state index in [1.54, 1.807) is 18.3 Å². The highest BCUT2D eigenvalue weighted by molar-refractivity contribution is 5.09. The third-order valence-electron chi connectivity index (χ3n) is 1.61. The predicted molar refractivity (Wildman–Crippen MR) is 46.7 cm³/mol. The van der Waals surface area contributed by atoms with Gasteiger partial charge in [0.25, 0.3) is 0 Å². The minimum absolute atomic E-state index is 0.181. The molecule has 0 aromatic carbocycles. The van der Waals surface area contributed by atoms with E-state index in [0.717, 1.165) is 0 Å². The van der Waals surface area contributed by atoms with Crippen LogP contribution in [0.15, 0.2) is 24.5 Å². The van der Waals surface area contributed by atoms with E-state index in [1.165, 1.54) is 6.20 Å². The maximum Gasteiger partial charge on any atom is 0.219 e. The van der Waals surface area contributed by atoms with Crippen molar-refractivity contribution in [1.29, 1.82) is 0 Å². The third-order valence-corrected chi connectivity index (χ3v) is 1.61. The monoisotopic (exact) mass is 198 g/mol. The predicted octanol–water partition coefficient (Wildman–Crippen LogP) is -0.119. The van der Waals surface area contributed by atoms with E-state index >= 15 is 0 Å². The summed E-state index contributed by atoms with van der Waals surface area (Å²) in [7, 11) is 0. The van der Waals surface area contributed by atoms with Crippen LogP contribution in [0.1, 0.15) is 11.9 Å². The summed E-state index contributed by atoms with van der Waals surface area (Å²) in [5.41, 5.74) is 0.401. The van der Waals surface area contributed by atoms with Gasteiger partial charge in [-0.15, -0.1) is 0 Å². The lowest BCUT2D eigenvalue weighted by atomic mass is 10.3. The Hall–Kier alpha value is -1.01. The van der Waals surface area contributed by atoms with Gasteiger partial charge in [-0.3, -0.25) is 4.98 Å². The molecule has 0 aliphatic carbocycles. The van der Waals surface area contributed by atoms with Crippen molar-refractivity contribution in [3.05, 3.63) is 30.1 Å². The Balaban J connectivity index is 2.39. The lowest BCUT2D eigenvalue weighted by molar-refractivity contribution is -0.163. The largest absolute Gasteiger partial charge is 0.394 e. The van der Waals surface area contributed by atoms with Crippen LogP contribution in [0.3, 0.4) is 0 Å². The first-order chi connectivity index (χ1) is 6.74. The minimum Gasteiger partial charge on any atom is -0.394 e. The van der Waals surface area contributed by atoms with E-state index in [1.807, 2.05) is 0 Å². The summed E-state index contributed by atoms with van der Waals surface area (Å²) >= 11 is 0. The number of aromatic nitrogens is 1. The highest BCUT2D eigenvalue weighted by Crippen LogP contribution is 2.12. The molecule has 0 fully saturated rings.